The Hall–Kier alpha value is -7.45. The molecule has 14 nitrogen and oxygen atoms in total. The molecule has 0 amide bonds. The monoisotopic (exact) mass is 1170 g/mol. The van der Waals surface area contributed by atoms with Crippen LogP contribution in [0.4, 0.5) is 0 Å². The molecule has 0 spiro atoms. The number of benzene rings is 8. The highest BCUT2D eigenvalue weighted by molar-refractivity contribution is 7.64. The Morgan fingerprint density at radius 1 is 0.341 bits per heavy atom. The average Bonchev–Trinajstić information content (AvgIpc) is 2.24. The van der Waals surface area contributed by atoms with Gasteiger partial charge >= 0.3 is 36.4 Å². The van der Waals surface area contributed by atoms with Crippen molar-refractivity contribution in [2.45, 2.75) is 97.8 Å². The molecule has 0 fully saturated rings. The minimum atomic E-state index is -4.55. The van der Waals surface area contributed by atoms with Crippen molar-refractivity contribution in [1.29, 1.82) is 0 Å². The van der Waals surface area contributed by atoms with Crippen molar-refractivity contribution < 1.29 is 64.4 Å². The molecule has 8 aromatic carbocycles. The number of rotatable bonds is 13. The molecule has 0 aromatic heterocycles. The van der Waals surface area contributed by atoms with E-state index in [-0.39, 0.29) is 106 Å². The van der Waals surface area contributed by atoms with Crippen molar-refractivity contribution in [3.63, 3.8) is 0 Å². The van der Waals surface area contributed by atoms with Gasteiger partial charge in [-0.3, -0.25) is 4.79 Å². The lowest BCUT2D eigenvalue weighted by atomic mass is 9.81. The molecule has 4 aliphatic heterocycles. The molecule has 1 aliphatic carbocycles. The first kappa shape index (κ1) is 53.8. The van der Waals surface area contributed by atoms with Gasteiger partial charge in [0.25, 0.3) is 0 Å². The van der Waals surface area contributed by atoms with Gasteiger partial charge in [-0.1, -0.05) is 113 Å². The van der Waals surface area contributed by atoms with Crippen LogP contribution in [0, 0.1) is 0 Å². The molecule has 4 heterocycles. The highest BCUT2D eigenvalue weighted by atomic mass is 31.2. The zero-order valence-corrected chi connectivity index (χ0v) is 49.0. The minimum Gasteiger partial charge on any atom is -0.481 e. The summed E-state index contributed by atoms with van der Waals surface area (Å²) >= 11 is 0. The van der Waals surface area contributed by atoms with Gasteiger partial charge in [-0.25, -0.2) is 18.3 Å². The largest absolute Gasteiger partial charge is 0.481 e. The summed E-state index contributed by atoms with van der Waals surface area (Å²) in [4.78, 5) is 13.0. The zero-order chi connectivity index (χ0) is 56.5. The maximum atomic E-state index is 16.3. The van der Waals surface area contributed by atoms with Crippen LogP contribution >= 0.6 is 30.4 Å². The van der Waals surface area contributed by atoms with Crippen LogP contribution in [0.3, 0.4) is 0 Å². The van der Waals surface area contributed by atoms with Gasteiger partial charge in [0.15, 0.2) is 0 Å². The molecule has 8 bridgehead atoms. The minimum absolute atomic E-state index is 0.0492. The van der Waals surface area contributed by atoms with E-state index in [9.17, 15) is 9.90 Å². The second-order valence-corrected chi connectivity index (χ2v) is 28.7. The molecule has 5 aliphatic rings. The number of aliphatic carboxylic acids is 1. The zero-order valence-electron chi connectivity index (χ0n) is 45.4. The molecule has 0 saturated carbocycles. The fourth-order valence-corrected chi connectivity index (χ4v) is 18.7. The Balaban J connectivity index is 1.23. The van der Waals surface area contributed by atoms with Crippen LogP contribution in [0.5, 0.6) is 46.0 Å². The van der Waals surface area contributed by atoms with Crippen molar-refractivity contribution >= 4 is 57.6 Å². The number of carboxylic acids is 1. The third-order valence-corrected chi connectivity index (χ3v) is 23.1. The molecule has 1 N–H and O–H groups in total. The summed E-state index contributed by atoms with van der Waals surface area (Å²) in [5.74, 6) is 0.207. The summed E-state index contributed by atoms with van der Waals surface area (Å²) < 4.78 is 120. The fourth-order valence-electron chi connectivity index (χ4n) is 12.2. The van der Waals surface area contributed by atoms with Crippen molar-refractivity contribution in [2.24, 2.45) is 0 Å². The summed E-state index contributed by atoms with van der Waals surface area (Å²) in [5, 5.41) is 11.6. The van der Waals surface area contributed by atoms with Crippen LogP contribution in [0.15, 0.2) is 146 Å². The van der Waals surface area contributed by atoms with Gasteiger partial charge in [0, 0.05) is 101 Å². The van der Waals surface area contributed by atoms with E-state index in [4.69, 9.17) is 36.2 Å². The molecule has 82 heavy (non-hydrogen) atoms. The molecule has 418 valence electrons. The summed E-state index contributed by atoms with van der Waals surface area (Å²) in [7, 11) is -18.1. The van der Waals surface area contributed by atoms with Crippen molar-refractivity contribution in [3.8, 4) is 46.0 Å². The molecule has 4 unspecified atom stereocenters. The van der Waals surface area contributed by atoms with Gasteiger partial charge in [0.05, 0.1) is 21.2 Å². The van der Waals surface area contributed by atoms with Gasteiger partial charge in [0.1, 0.15) is 46.0 Å². The van der Waals surface area contributed by atoms with E-state index >= 15 is 18.3 Å². The molecule has 13 rings (SSSR count). The summed E-state index contributed by atoms with van der Waals surface area (Å²) in [6.45, 7) is 6.20. The Labute approximate surface area is 475 Å². The third kappa shape index (κ3) is 9.42. The molecule has 4 atom stereocenters. The first-order valence-corrected chi connectivity index (χ1v) is 34.0. The molecule has 0 radical (unpaired) electrons. The van der Waals surface area contributed by atoms with Crippen molar-refractivity contribution in [2.75, 3.05) is 0 Å². The molecular formula is C64H58O14P4. The predicted octanol–water partition coefficient (Wildman–Crippen LogP) is 14.4. The second-order valence-electron chi connectivity index (χ2n) is 21.1. The highest BCUT2D eigenvalue weighted by Crippen LogP contribution is 2.63. The third-order valence-electron chi connectivity index (χ3n) is 15.9. The molecule has 18 heteroatoms. The maximum absolute atomic E-state index is 16.3. The standard InChI is InChI=1S/C64H58O14P4/c1-4-19-44-48-32-50-45(20-5-2)52-34-54-47(30-31-64(65)66)55-35-53-46(21-6-3)51-33-49(44)57-36-56(48)71-79(67,40-22-11-7-12-23-40)73-58(50)37-60(52)75-81(69,42-26-15-9-16-27-42)77-62(54)39-63(55)78-82(70,43-28-17-10-18-29-43)76-61(53)38-59(51)74-80(68,72-57)41-24-13-8-14-25-41/h7-18,22-29,36-39H,4-6,19-21,30-35H2,1-3H3,(H,65,66). The van der Waals surface area contributed by atoms with Crippen molar-refractivity contribution in [3.05, 3.63) is 212 Å². The molecule has 0 saturated heterocycles. The Morgan fingerprint density at radius 3 is 0.720 bits per heavy atom. The number of hydrogen-bond acceptors (Lipinski definition) is 13. The lowest BCUT2D eigenvalue weighted by Gasteiger charge is -2.35. The topological polar surface area (TPSA) is 179 Å². The lowest BCUT2D eigenvalue weighted by molar-refractivity contribution is -0.136. The quantitative estimate of drug-likeness (QED) is 0.108. The second kappa shape index (κ2) is 21.1. The molecule has 8 aromatic rings. The fraction of sp³-hybridized carbons (Fsp3) is 0.234. The van der Waals surface area contributed by atoms with Crippen molar-refractivity contribution in [1.82, 2.24) is 0 Å². The van der Waals surface area contributed by atoms with E-state index in [1.54, 1.807) is 133 Å². The first-order valence-electron chi connectivity index (χ1n) is 27.8. The summed E-state index contributed by atoms with van der Waals surface area (Å²) in [6.07, 6.45) is 3.46. The van der Waals surface area contributed by atoms with Gasteiger partial charge in [-0.15, -0.1) is 0 Å². The highest BCUT2D eigenvalue weighted by Gasteiger charge is 2.46. The van der Waals surface area contributed by atoms with Gasteiger partial charge in [-0.2, -0.15) is 0 Å². The Kier molecular flexibility index (Phi) is 13.8. The predicted molar refractivity (Wildman–Crippen MR) is 315 cm³/mol. The molecular weight excluding hydrogens is 1120 g/mol. The first-order chi connectivity index (χ1) is 39.7. The van der Waals surface area contributed by atoms with Crippen LogP contribution in [0.1, 0.15) is 113 Å². The maximum Gasteiger partial charge on any atom is 0.462 e. The van der Waals surface area contributed by atoms with E-state index in [0.717, 1.165) is 27.8 Å². The number of hydrogen-bond donors (Lipinski definition) is 1. The van der Waals surface area contributed by atoms with E-state index in [0.29, 0.717) is 77.5 Å². The Bertz CT molecular complexity index is 3850. The lowest BCUT2D eigenvalue weighted by Crippen LogP contribution is -2.24. The van der Waals surface area contributed by atoms with E-state index < -0.39 is 36.4 Å². The van der Waals surface area contributed by atoms with E-state index in [1.807, 2.05) is 12.1 Å². The van der Waals surface area contributed by atoms with Gasteiger partial charge < -0.3 is 41.3 Å². The van der Waals surface area contributed by atoms with Gasteiger partial charge in [0.2, 0.25) is 0 Å². The van der Waals surface area contributed by atoms with Crippen LogP contribution < -0.4 is 57.4 Å². The summed E-state index contributed by atoms with van der Waals surface area (Å²) in [5.41, 5.74) is 8.10. The average molecular weight is 1180 g/mol. The van der Waals surface area contributed by atoms with Crippen LogP contribution in [-0.4, -0.2) is 11.1 Å². The van der Waals surface area contributed by atoms with Gasteiger partial charge in [-0.05, 0) is 96.5 Å². The Morgan fingerprint density at radius 2 is 0.537 bits per heavy atom. The van der Waals surface area contributed by atoms with E-state index in [2.05, 4.69) is 20.8 Å². The SMILES string of the molecule is CCCc1c2c3cc4c1Cc1c(cc5c(c1CCC)Cc1c(cc6c(c1CCC(=O)O)Cc1c(cc(c(c1CCC)C2)OP(=O)(c1ccccc1)O3)OP(=O)(c1ccccc1)O6)OP(=O)(c1ccccc1)O5)OP(=O)(c1ccccc1)O4. The smallest absolute Gasteiger partial charge is 0.462 e. The number of carboxylic acid groups (broad SMARTS) is 1. The summed E-state index contributed by atoms with van der Waals surface area (Å²) in [6, 6.07) is 41.0. The van der Waals surface area contributed by atoms with Crippen LogP contribution in [-0.2, 0) is 74.4 Å². The van der Waals surface area contributed by atoms with Crippen LogP contribution in [0.25, 0.3) is 0 Å². The van der Waals surface area contributed by atoms with E-state index in [1.165, 1.54) is 0 Å². The number of carbonyl (C=O) groups is 1. The van der Waals surface area contributed by atoms with Crippen LogP contribution in [0.2, 0.25) is 0 Å². The normalized spacial score (nSPS) is 21.4.